The van der Waals surface area contributed by atoms with Crippen LogP contribution in [-0.2, 0) is 0 Å². The number of rotatable bonds is 5. The van der Waals surface area contributed by atoms with Crippen LogP contribution in [0.15, 0.2) is 41.7 Å². The quantitative estimate of drug-likeness (QED) is 0.371. The van der Waals surface area contributed by atoms with E-state index in [-0.39, 0.29) is 0 Å². The second kappa shape index (κ2) is 7.13. The highest BCUT2D eigenvalue weighted by Crippen LogP contribution is 2.08. The fraction of sp³-hybridized carbons (Fsp3) is 0.417. The Kier molecular flexibility index (Phi) is 6.46. The molecule has 0 aliphatic carbocycles. The molecule has 0 N–H and O–H groups in total. The van der Waals surface area contributed by atoms with Crippen molar-refractivity contribution < 1.29 is 0 Å². The number of nitrogens with zero attached hydrogens (tertiary/aromatic N) is 2. The standard InChI is InChI=1S/C12H20N2/c1-6-8-9-12(10-11(3)4)14(5)13-7-2/h6-11H,1H2,2-5H3/b9-8-,12-10+,13-7-. The molecule has 0 saturated carbocycles. The van der Waals surface area contributed by atoms with E-state index in [1.54, 1.807) is 12.3 Å². The van der Waals surface area contributed by atoms with E-state index >= 15 is 0 Å². The van der Waals surface area contributed by atoms with E-state index in [0.29, 0.717) is 5.92 Å². The highest BCUT2D eigenvalue weighted by Gasteiger charge is 1.98. The van der Waals surface area contributed by atoms with Gasteiger partial charge in [0.15, 0.2) is 0 Å². The monoisotopic (exact) mass is 192 g/mol. The SMILES string of the molecule is C=C/C=C\C(=C/C(C)C)N(C)/N=C\C. The first-order valence-corrected chi connectivity index (χ1v) is 4.85. The number of hydrogen-bond acceptors (Lipinski definition) is 2. The van der Waals surface area contributed by atoms with Crippen LogP contribution in [0.5, 0.6) is 0 Å². The zero-order valence-electron chi connectivity index (χ0n) is 9.57. The number of allylic oxidation sites excluding steroid dienone is 4. The normalized spacial score (nSPS) is 13.1. The molecule has 0 aromatic carbocycles. The fourth-order valence-electron chi connectivity index (χ4n) is 1.02. The van der Waals surface area contributed by atoms with Crippen LogP contribution in [0.25, 0.3) is 0 Å². The van der Waals surface area contributed by atoms with Crippen LogP contribution >= 0.6 is 0 Å². The Hall–Kier alpha value is -1.31. The molecule has 2 nitrogen and oxygen atoms in total. The lowest BCUT2D eigenvalue weighted by Crippen LogP contribution is -2.09. The van der Waals surface area contributed by atoms with Crippen LogP contribution in [-0.4, -0.2) is 18.3 Å². The van der Waals surface area contributed by atoms with Gasteiger partial charge in [-0.05, 0) is 18.9 Å². The lowest BCUT2D eigenvalue weighted by molar-refractivity contribution is 0.458. The molecule has 78 valence electrons. The van der Waals surface area contributed by atoms with E-state index in [1.807, 2.05) is 31.1 Å². The van der Waals surface area contributed by atoms with Gasteiger partial charge in [-0.3, -0.25) is 5.01 Å². The Morgan fingerprint density at radius 2 is 2.07 bits per heavy atom. The van der Waals surface area contributed by atoms with Crippen LogP contribution < -0.4 is 0 Å². The molecule has 0 amide bonds. The lowest BCUT2D eigenvalue weighted by Gasteiger charge is -2.14. The van der Waals surface area contributed by atoms with Crippen LogP contribution in [0.1, 0.15) is 20.8 Å². The number of hydrogen-bond donors (Lipinski definition) is 0. The van der Waals surface area contributed by atoms with Crippen molar-refractivity contribution in [3.05, 3.63) is 36.6 Å². The maximum absolute atomic E-state index is 4.19. The molecular weight excluding hydrogens is 172 g/mol. The van der Waals surface area contributed by atoms with Gasteiger partial charge < -0.3 is 0 Å². The molecule has 14 heavy (non-hydrogen) atoms. The smallest absolute Gasteiger partial charge is 0.0553 e. The molecule has 0 unspecified atom stereocenters. The zero-order chi connectivity index (χ0) is 11.0. The predicted molar refractivity (Wildman–Crippen MR) is 64.2 cm³/mol. The molecule has 0 rings (SSSR count). The Morgan fingerprint density at radius 1 is 1.43 bits per heavy atom. The lowest BCUT2D eigenvalue weighted by atomic mass is 10.2. The largest absolute Gasteiger partial charge is 0.269 e. The van der Waals surface area contributed by atoms with Crippen molar-refractivity contribution in [1.82, 2.24) is 5.01 Å². The van der Waals surface area contributed by atoms with Crippen LogP contribution in [0.3, 0.4) is 0 Å². The van der Waals surface area contributed by atoms with Crippen LogP contribution in [0.2, 0.25) is 0 Å². The van der Waals surface area contributed by atoms with Gasteiger partial charge in [0.05, 0.1) is 5.70 Å². The summed E-state index contributed by atoms with van der Waals surface area (Å²) in [5, 5.41) is 6.03. The molecule has 0 saturated heterocycles. The van der Waals surface area contributed by atoms with Gasteiger partial charge >= 0.3 is 0 Å². The summed E-state index contributed by atoms with van der Waals surface area (Å²) in [5.41, 5.74) is 1.08. The van der Waals surface area contributed by atoms with Crippen LogP contribution in [0.4, 0.5) is 0 Å². The number of hydrazone groups is 1. The molecule has 0 spiro atoms. The predicted octanol–water partition coefficient (Wildman–Crippen LogP) is 3.21. The minimum Gasteiger partial charge on any atom is -0.269 e. The molecule has 0 aromatic rings. The van der Waals surface area contributed by atoms with Gasteiger partial charge in [-0.25, -0.2) is 0 Å². The first-order valence-electron chi connectivity index (χ1n) is 4.85. The van der Waals surface area contributed by atoms with Crippen molar-refractivity contribution >= 4 is 6.21 Å². The topological polar surface area (TPSA) is 15.6 Å². The van der Waals surface area contributed by atoms with E-state index in [2.05, 4.69) is 31.6 Å². The van der Waals surface area contributed by atoms with Crippen molar-refractivity contribution in [3.8, 4) is 0 Å². The molecule has 2 heteroatoms. The van der Waals surface area contributed by atoms with E-state index in [9.17, 15) is 0 Å². The Labute approximate surface area is 87.3 Å². The first kappa shape index (κ1) is 12.7. The van der Waals surface area contributed by atoms with Crippen molar-refractivity contribution in [3.63, 3.8) is 0 Å². The summed E-state index contributed by atoms with van der Waals surface area (Å²) >= 11 is 0. The van der Waals surface area contributed by atoms with Crippen molar-refractivity contribution in [1.29, 1.82) is 0 Å². The Balaban J connectivity index is 4.71. The molecule has 0 aliphatic rings. The molecule has 0 bridgehead atoms. The van der Waals surface area contributed by atoms with Gasteiger partial charge in [0.2, 0.25) is 0 Å². The third-order valence-corrected chi connectivity index (χ3v) is 1.57. The van der Waals surface area contributed by atoms with Gasteiger partial charge in [-0.15, -0.1) is 0 Å². The third kappa shape index (κ3) is 5.36. The summed E-state index contributed by atoms with van der Waals surface area (Å²) in [6, 6.07) is 0. The van der Waals surface area contributed by atoms with E-state index in [0.717, 1.165) is 5.70 Å². The molecule has 0 aliphatic heterocycles. The van der Waals surface area contributed by atoms with E-state index in [4.69, 9.17) is 0 Å². The molecule has 0 fully saturated rings. The van der Waals surface area contributed by atoms with Crippen LogP contribution in [0, 0.1) is 5.92 Å². The summed E-state index contributed by atoms with van der Waals surface area (Å²) < 4.78 is 0. The summed E-state index contributed by atoms with van der Waals surface area (Å²) in [6.07, 6.45) is 9.61. The van der Waals surface area contributed by atoms with Gasteiger partial charge in [0.1, 0.15) is 0 Å². The van der Waals surface area contributed by atoms with Gasteiger partial charge in [-0.1, -0.05) is 38.7 Å². The summed E-state index contributed by atoms with van der Waals surface area (Å²) in [4.78, 5) is 0. The minimum atomic E-state index is 0.508. The van der Waals surface area contributed by atoms with Gasteiger partial charge in [0, 0.05) is 13.3 Å². The van der Waals surface area contributed by atoms with E-state index in [1.165, 1.54) is 0 Å². The summed E-state index contributed by atoms with van der Waals surface area (Å²) in [6.45, 7) is 9.84. The van der Waals surface area contributed by atoms with Gasteiger partial charge in [0.25, 0.3) is 0 Å². The third-order valence-electron chi connectivity index (χ3n) is 1.57. The molecular formula is C12H20N2. The first-order chi connectivity index (χ1) is 6.61. The number of likely N-dealkylation sites (N-methyl/N-ethyl adjacent to an activating group) is 1. The highest BCUT2D eigenvalue weighted by atomic mass is 15.4. The maximum Gasteiger partial charge on any atom is 0.0553 e. The van der Waals surface area contributed by atoms with Crippen molar-refractivity contribution in [2.24, 2.45) is 11.0 Å². The summed E-state index contributed by atoms with van der Waals surface area (Å²) in [7, 11) is 1.93. The average molecular weight is 192 g/mol. The second-order valence-corrected chi connectivity index (χ2v) is 3.33. The van der Waals surface area contributed by atoms with Crippen molar-refractivity contribution in [2.75, 3.05) is 7.05 Å². The molecule has 0 atom stereocenters. The summed E-state index contributed by atoms with van der Waals surface area (Å²) in [5.74, 6) is 0.508. The zero-order valence-corrected chi connectivity index (χ0v) is 9.57. The maximum atomic E-state index is 4.19. The minimum absolute atomic E-state index is 0.508. The Bertz CT molecular complexity index is 247. The molecule has 0 heterocycles. The average Bonchev–Trinajstić information content (AvgIpc) is 2.12. The van der Waals surface area contributed by atoms with Crippen molar-refractivity contribution in [2.45, 2.75) is 20.8 Å². The Morgan fingerprint density at radius 3 is 2.50 bits per heavy atom. The second-order valence-electron chi connectivity index (χ2n) is 3.33. The van der Waals surface area contributed by atoms with E-state index < -0.39 is 0 Å². The highest BCUT2D eigenvalue weighted by molar-refractivity contribution is 5.53. The molecule has 0 aromatic heterocycles. The molecule has 0 radical (unpaired) electrons. The fourth-order valence-corrected chi connectivity index (χ4v) is 1.02. The van der Waals surface area contributed by atoms with Gasteiger partial charge in [-0.2, -0.15) is 5.10 Å².